The molecule has 21 heavy (non-hydrogen) atoms. The number of rotatable bonds is 5. The number of aldehydes is 1. The molecule has 0 aliphatic carbocycles. The predicted molar refractivity (Wildman–Crippen MR) is 78.4 cm³/mol. The topological polar surface area (TPSA) is 55.8 Å². The number of carbonyl (C=O) groups is 2. The normalized spacial score (nSPS) is 16.0. The molecule has 114 valence electrons. The highest BCUT2D eigenvalue weighted by Crippen LogP contribution is 2.21. The quantitative estimate of drug-likeness (QED) is 0.471. The van der Waals surface area contributed by atoms with Crippen LogP contribution in [0.2, 0.25) is 0 Å². The van der Waals surface area contributed by atoms with Crippen molar-refractivity contribution in [2.24, 2.45) is 5.92 Å². The molecule has 1 aromatic carbocycles. The molecule has 1 aliphatic heterocycles. The molecule has 0 bridgehead atoms. The van der Waals surface area contributed by atoms with Crippen LogP contribution in [0.15, 0.2) is 18.2 Å². The molecule has 0 radical (unpaired) electrons. The molecular weight excluding hydrogens is 270 g/mol. The predicted octanol–water partition coefficient (Wildman–Crippen LogP) is 1.89. The van der Waals surface area contributed by atoms with E-state index in [1.54, 1.807) is 26.0 Å². The lowest BCUT2D eigenvalue weighted by atomic mass is 10.1. The first-order chi connectivity index (χ1) is 10.1. The van der Waals surface area contributed by atoms with Crippen LogP contribution >= 0.6 is 0 Å². The minimum atomic E-state index is -0.334. The standard InChI is InChI=1S/C16H21NO4/c1-12(2)16(19)21-15-4-3-13(9-14(15)11-18)10-17-5-7-20-8-6-17/h3-4,9,11-12H,5-8,10H2,1-2H3. The van der Waals surface area contributed by atoms with Crippen molar-refractivity contribution in [3.8, 4) is 5.75 Å². The van der Waals surface area contributed by atoms with Crippen LogP contribution in [-0.4, -0.2) is 43.5 Å². The molecule has 0 unspecified atom stereocenters. The Bertz CT molecular complexity index is 507. The van der Waals surface area contributed by atoms with Gasteiger partial charge in [-0.2, -0.15) is 0 Å². The molecule has 1 fully saturated rings. The number of morpholine rings is 1. The van der Waals surface area contributed by atoms with E-state index in [4.69, 9.17) is 9.47 Å². The lowest BCUT2D eigenvalue weighted by Crippen LogP contribution is -2.35. The lowest BCUT2D eigenvalue weighted by Gasteiger charge is -2.26. The van der Waals surface area contributed by atoms with Crippen molar-refractivity contribution >= 4 is 12.3 Å². The van der Waals surface area contributed by atoms with Gasteiger partial charge in [0.1, 0.15) is 5.75 Å². The van der Waals surface area contributed by atoms with Crippen LogP contribution in [0.1, 0.15) is 29.8 Å². The number of ether oxygens (including phenoxy) is 2. The average Bonchev–Trinajstić information content (AvgIpc) is 2.49. The summed E-state index contributed by atoms with van der Waals surface area (Å²) >= 11 is 0. The van der Waals surface area contributed by atoms with Crippen LogP contribution in [0.25, 0.3) is 0 Å². The van der Waals surface area contributed by atoms with Gasteiger partial charge in [0.05, 0.1) is 24.7 Å². The minimum Gasteiger partial charge on any atom is -0.426 e. The Balaban J connectivity index is 2.08. The van der Waals surface area contributed by atoms with E-state index in [1.165, 1.54) is 0 Å². The Labute approximate surface area is 124 Å². The molecule has 1 aromatic rings. The van der Waals surface area contributed by atoms with Gasteiger partial charge in [-0.15, -0.1) is 0 Å². The summed E-state index contributed by atoms with van der Waals surface area (Å²) in [6.45, 7) is 7.55. The van der Waals surface area contributed by atoms with Crippen molar-refractivity contribution in [3.63, 3.8) is 0 Å². The van der Waals surface area contributed by atoms with Gasteiger partial charge in [-0.1, -0.05) is 19.9 Å². The zero-order chi connectivity index (χ0) is 15.2. The first-order valence-electron chi connectivity index (χ1n) is 7.20. The van der Waals surface area contributed by atoms with Crippen LogP contribution in [0, 0.1) is 5.92 Å². The Morgan fingerprint density at radius 2 is 2.10 bits per heavy atom. The molecule has 0 amide bonds. The highest BCUT2D eigenvalue weighted by molar-refractivity contribution is 5.83. The van der Waals surface area contributed by atoms with E-state index in [0.717, 1.165) is 44.7 Å². The van der Waals surface area contributed by atoms with Gasteiger partial charge in [0.25, 0.3) is 0 Å². The molecule has 0 atom stereocenters. The zero-order valence-electron chi connectivity index (χ0n) is 12.5. The Kier molecular flexibility index (Phi) is 5.47. The van der Waals surface area contributed by atoms with E-state index in [2.05, 4.69) is 4.90 Å². The van der Waals surface area contributed by atoms with E-state index in [0.29, 0.717) is 11.3 Å². The van der Waals surface area contributed by atoms with Gasteiger partial charge in [0.2, 0.25) is 0 Å². The summed E-state index contributed by atoms with van der Waals surface area (Å²) in [7, 11) is 0. The second kappa shape index (κ2) is 7.33. The molecule has 2 rings (SSSR count). The van der Waals surface area contributed by atoms with Crippen LogP contribution in [0.5, 0.6) is 5.75 Å². The van der Waals surface area contributed by atoms with Crippen molar-refractivity contribution in [1.82, 2.24) is 4.90 Å². The maximum atomic E-state index is 11.6. The third-order valence-electron chi connectivity index (χ3n) is 3.39. The summed E-state index contributed by atoms with van der Waals surface area (Å²) in [4.78, 5) is 25.1. The van der Waals surface area contributed by atoms with E-state index < -0.39 is 0 Å². The lowest BCUT2D eigenvalue weighted by molar-refractivity contribution is -0.137. The first kappa shape index (κ1) is 15.7. The summed E-state index contributed by atoms with van der Waals surface area (Å²) in [6, 6.07) is 5.37. The van der Waals surface area contributed by atoms with Gasteiger partial charge in [0, 0.05) is 19.6 Å². The number of hydrogen-bond donors (Lipinski definition) is 0. The van der Waals surface area contributed by atoms with Crippen LogP contribution in [-0.2, 0) is 16.1 Å². The summed E-state index contributed by atoms with van der Waals surface area (Å²) in [5.41, 5.74) is 1.44. The van der Waals surface area contributed by atoms with Gasteiger partial charge in [0.15, 0.2) is 6.29 Å². The van der Waals surface area contributed by atoms with E-state index >= 15 is 0 Å². The van der Waals surface area contributed by atoms with Crippen molar-refractivity contribution in [2.45, 2.75) is 20.4 Å². The summed E-state index contributed by atoms with van der Waals surface area (Å²) < 4.78 is 10.6. The Hall–Kier alpha value is -1.72. The largest absolute Gasteiger partial charge is 0.426 e. The smallest absolute Gasteiger partial charge is 0.313 e. The van der Waals surface area contributed by atoms with Gasteiger partial charge in [-0.05, 0) is 17.7 Å². The van der Waals surface area contributed by atoms with Crippen molar-refractivity contribution in [1.29, 1.82) is 0 Å². The number of hydrogen-bond acceptors (Lipinski definition) is 5. The second-order valence-electron chi connectivity index (χ2n) is 5.45. The van der Waals surface area contributed by atoms with E-state index in [9.17, 15) is 9.59 Å². The highest BCUT2D eigenvalue weighted by atomic mass is 16.5. The minimum absolute atomic E-state index is 0.225. The third kappa shape index (κ3) is 4.37. The fourth-order valence-corrected chi connectivity index (χ4v) is 2.13. The number of carbonyl (C=O) groups excluding carboxylic acids is 2. The van der Waals surface area contributed by atoms with Gasteiger partial charge < -0.3 is 9.47 Å². The van der Waals surface area contributed by atoms with Crippen molar-refractivity contribution < 1.29 is 19.1 Å². The monoisotopic (exact) mass is 291 g/mol. The summed E-state index contributed by atoms with van der Waals surface area (Å²) in [5, 5.41) is 0. The molecule has 1 heterocycles. The second-order valence-corrected chi connectivity index (χ2v) is 5.45. The maximum absolute atomic E-state index is 11.6. The summed E-state index contributed by atoms with van der Waals surface area (Å²) in [5.74, 6) is -0.231. The molecule has 1 saturated heterocycles. The molecule has 5 nitrogen and oxygen atoms in total. The van der Waals surface area contributed by atoms with Crippen LogP contribution < -0.4 is 4.74 Å². The maximum Gasteiger partial charge on any atom is 0.313 e. The molecule has 0 N–H and O–H groups in total. The van der Waals surface area contributed by atoms with Crippen molar-refractivity contribution in [3.05, 3.63) is 29.3 Å². The van der Waals surface area contributed by atoms with Crippen LogP contribution in [0.3, 0.4) is 0 Å². The van der Waals surface area contributed by atoms with E-state index in [-0.39, 0.29) is 11.9 Å². The SMILES string of the molecule is CC(C)C(=O)Oc1ccc(CN2CCOCC2)cc1C=O. The number of nitrogens with zero attached hydrogens (tertiary/aromatic N) is 1. The zero-order valence-corrected chi connectivity index (χ0v) is 12.5. The molecule has 0 aromatic heterocycles. The summed E-state index contributed by atoms with van der Waals surface area (Å²) in [6.07, 6.45) is 0.728. The van der Waals surface area contributed by atoms with Crippen molar-refractivity contribution in [2.75, 3.05) is 26.3 Å². The molecular formula is C16H21NO4. The number of benzene rings is 1. The highest BCUT2D eigenvalue weighted by Gasteiger charge is 2.15. The van der Waals surface area contributed by atoms with Crippen LogP contribution in [0.4, 0.5) is 0 Å². The van der Waals surface area contributed by atoms with Gasteiger partial charge in [-0.3, -0.25) is 14.5 Å². The average molecular weight is 291 g/mol. The Morgan fingerprint density at radius 1 is 1.38 bits per heavy atom. The molecule has 0 saturated carbocycles. The molecule has 0 spiro atoms. The fraction of sp³-hybridized carbons (Fsp3) is 0.500. The van der Waals surface area contributed by atoms with E-state index in [1.807, 2.05) is 6.07 Å². The fourth-order valence-electron chi connectivity index (χ4n) is 2.13. The number of esters is 1. The third-order valence-corrected chi connectivity index (χ3v) is 3.39. The molecule has 1 aliphatic rings. The molecule has 5 heteroatoms. The Morgan fingerprint density at radius 3 is 2.71 bits per heavy atom. The first-order valence-corrected chi connectivity index (χ1v) is 7.20. The van der Waals surface area contributed by atoms with Gasteiger partial charge in [-0.25, -0.2) is 0 Å². The van der Waals surface area contributed by atoms with Gasteiger partial charge >= 0.3 is 5.97 Å².